The number of hydrogen-bond acceptors (Lipinski definition) is 3. The van der Waals surface area contributed by atoms with Crippen molar-refractivity contribution >= 4 is 38.9 Å². The average molecular weight is 378 g/mol. The van der Waals surface area contributed by atoms with Gasteiger partial charge in [-0.1, -0.05) is 17.7 Å². The molecule has 2 rings (SSSR count). The molecule has 0 heterocycles. The Morgan fingerprint density at radius 1 is 1.29 bits per heavy atom. The molecule has 0 aliphatic heterocycles. The summed E-state index contributed by atoms with van der Waals surface area (Å²) in [7, 11) is 0. The van der Waals surface area contributed by atoms with Crippen LogP contribution in [0.15, 0.2) is 34.8 Å². The van der Waals surface area contributed by atoms with Crippen LogP contribution in [0.5, 0.6) is 0 Å². The smallest absolute Gasteiger partial charge is 0.283 e. The first-order chi connectivity index (χ1) is 9.88. The summed E-state index contributed by atoms with van der Waals surface area (Å²) < 4.78 is 26.9. The molecule has 8 heteroatoms. The maximum absolute atomic E-state index is 13.6. The van der Waals surface area contributed by atoms with E-state index in [0.717, 1.165) is 6.07 Å². The van der Waals surface area contributed by atoms with Crippen molar-refractivity contribution in [2.75, 3.05) is 5.32 Å². The van der Waals surface area contributed by atoms with E-state index < -0.39 is 16.6 Å². The van der Waals surface area contributed by atoms with Crippen LogP contribution in [0.1, 0.15) is 5.56 Å². The zero-order valence-corrected chi connectivity index (χ0v) is 12.7. The summed E-state index contributed by atoms with van der Waals surface area (Å²) in [5.74, 6) is -1.60. The molecule has 0 saturated heterocycles. The van der Waals surface area contributed by atoms with Gasteiger partial charge in [0.1, 0.15) is 5.82 Å². The molecule has 0 bridgehead atoms. The number of anilines is 1. The molecule has 0 spiro atoms. The Bertz CT molecular complexity index is 690. The summed E-state index contributed by atoms with van der Waals surface area (Å²) in [6.45, 7) is 0.108. The van der Waals surface area contributed by atoms with E-state index in [9.17, 15) is 18.9 Å². The van der Waals surface area contributed by atoms with Crippen molar-refractivity contribution in [2.45, 2.75) is 6.54 Å². The average Bonchev–Trinajstić information content (AvgIpc) is 2.38. The van der Waals surface area contributed by atoms with E-state index in [4.69, 9.17) is 11.6 Å². The van der Waals surface area contributed by atoms with Gasteiger partial charge in [-0.25, -0.2) is 8.78 Å². The van der Waals surface area contributed by atoms with Gasteiger partial charge in [0.05, 0.1) is 20.1 Å². The molecule has 0 atom stereocenters. The third-order valence-corrected chi connectivity index (χ3v) is 3.65. The lowest BCUT2D eigenvalue weighted by Gasteiger charge is -2.10. The number of halogens is 4. The van der Waals surface area contributed by atoms with E-state index in [2.05, 4.69) is 21.2 Å². The molecule has 1 N–H and O–H groups in total. The Balaban J connectivity index is 2.21. The molecule has 2 aromatic carbocycles. The van der Waals surface area contributed by atoms with Gasteiger partial charge in [-0.2, -0.15) is 0 Å². The fourth-order valence-corrected chi connectivity index (χ4v) is 2.36. The minimum Gasteiger partial charge on any atom is -0.377 e. The second kappa shape index (κ2) is 6.36. The lowest BCUT2D eigenvalue weighted by molar-refractivity contribution is -0.385. The number of nitro groups is 1. The van der Waals surface area contributed by atoms with Gasteiger partial charge in [0.25, 0.3) is 5.69 Å². The second-order valence-corrected chi connectivity index (χ2v) is 5.40. The van der Waals surface area contributed by atoms with Crippen molar-refractivity contribution in [3.8, 4) is 0 Å². The van der Waals surface area contributed by atoms with Crippen molar-refractivity contribution in [1.29, 1.82) is 0 Å². The van der Waals surface area contributed by atoms with E-state index >= 15 is 0 Å². The summed E-state index contributed by atoms with van der Waals surface area (Å²) in [5, 5.41) is 13.4. The molecular weight excluding hydrogens is 370 g/mol. The van der Waals surface area contributed by atoms with Crippen LogP contribution in [0.2, 0.25) is 5.02 Å². The van der Waals surface area contributed by atoms with Crippen LogP contribution >= 0.6 is 27.5 Å². The second-order valence-electron chi connectivity index (χ2n) is 4.14. The fourth-order valence-electron chi connectivity index (χ4n) is 1.71. The van der Waals surface area contributed by atoms with Crippen molar-refractivity contribution in [3.63, 3.8) is 0 Å². The van der Waals surface area contributed by atoms with E-state index in [-0.39, 0.29) is 22.9 Å². The molecule has 2 aromatic rings. The Morgan fingerprint density at radius 2 is 2.00 bits per heavy atom. The summed E-state index contributed by atoms with van der Waals surface area (Å²) in [6, 6.07) is 6.21. The summed E-state index contributed by atoms with van der Waals surface area (Å²) in [5.41, 5.74) is 0.410. The van der Waals surface area contributed by atoms with E-state index in [1.807, 2.05) is 0 Å². The number of rotatable bonds is 4. The molecule has 110 valence electrons. The first-order valence-corrected chi connectivity index (χ1v) is 6.87. The minimum atomic E-state index is -0.827. The lowest BCUT2D eigenvalue weighted by atomic mass is 10.2. The Hall–Kier alpha value is -1.73. The third-order valence-electron chi connectivity index (χ3n) is 2.68. The quantitative estimate of drug-likeness (QED) is 0.609. The van der Waals surface area contributed by atoms with Crippen LogP contribution < -0.4 is 5.32 Å². The number of benzene rings is 2. The number of nitrogens with zero attached hydrogens (tertiary/aromatic N) is 1. The van der Waals surface area contributed by atoms with Crippen LogP contribution in [-0.4, -0.2) is 4.92 Å². The highest BCUT2D eigenvalue weighted by atomic mass is 79.9. The Morgan fingerprint density at radius 3 is 2.62 bits per heavy atom. The topological polar surface area (TPSA) is 55.2 Å². The summed E-state index contributed by atoms with van der Waals surface area (Å²) in [6.07, 6.45) is 0. The van der Waals surface area contributed by atoms with Crippen molar-refractivity contribution in [1.82, 2.24) is 0 Å². The van der Waals surface area contributed by atoms with Gasteiger partial charge in [-0.05, 0) is 33.6 Å². The van der Waals surface area contributed by atoms with E-state index in [1.165, 1.54) is 12.1 Å². The lowest BCUT2D eigenvalue weighted by Crippen LogP contribution is -2.03. The van der Waals surface area contributed by atoms with Gasteiger partial charge < -0.3 is 5.32 Å². The zero-order chi connectivity index (χ0) is 15.6. The van der Waals surface area contributed by atoms with E-state index in [0.29, 0.717) is 16.1 Å². The maximum atomic E-state index is 13.6. The van der Waals surface area contributed by atoms with Crippen LogP contribution in [0.25, 0.3) is 0 Å². The molecule has 21 heavy (non-hydrogen) atoms. The van der Waals surface area contributed by atoms with Crippen LogP contribution in [0.3, 0.4) is 0 Å². The molecule has 0 unspecified atom stereocenters. The molecule has 4 nitrogen and oxygen atoms in total. The predicted octanol–water partition coefficient (Wildman–Crippen LogP) is 4.90. The summed E-state index contributed by atoms with van der Waals surface area (Å²) >= 11 is 8.82. The third kappa shape index (κ3) is 3.68. The molecule has 0 saturated carbocycles. The SMILES string of the molecule is O=[N+]([O-])c1cc(CNc2c(F)cc(F)cc2Cl)ccc1Br. The van der Waals surface area contributed by atoms with Gasteiger partial charge in [-0.3, -0.25) is 10.1 Å². The minimum absolute atomic E-state index is 0.0522. The Kier molecular flexibility index (Phi) is 4.74. The van der Waals surface area contributed by atoms with Crippen molar-refractivity contribution < 1.29 is 13.7 Å². The van der Waals surface area contributed by atoms with Gasteiger partial charge in [0.15, 0.2) is 5.82 Å². The number of hydrogen-bond donors (Lipinski definition) is 1. The van der Waals surface area contributed by atoms with Gasteiger partial charge in [-0.15, -0.1) is 0 Å². The molecule has 0 fully saturated rings. The van der Waals surface area contributed by atoms with Gasteiger partial charge in [0.2, 0.25) is 0 Å². The zero-order valence-electron chi connectivity index (χ0n) is 10.4. The predicted molar refractivity (Wildman–Crippen MR) is 79.5 cm³/mol. The van der Waals surface area contributed by atoms with Gasteiger partial charge in [0, 0.05) is 18.7 Å². The molecule has 0 radical (unpaired) electrons. The standard InChI is InChI=1S/C13H8BrClF2N2O2/c14-9-2-1-7(3-12(9)19(20)21)6-18-13-10(15)4-8(16)5-11(13)17/h1-5,18H,6H2. The molecule has 0 aromatic heterocycles. The molecular formula is C13H8BrClF2N2O2. The highest BCUT2D eigenvalue weighted by Crippen LogP contribution is 2.29. The van der Waals surface area contributed by atoms with Gasteiger partial charge >= 0.3 is 0 Å². The fraction of sp³-hybridized carbons (Fsp3) is 0.0769. The first-order valence-electron chi connectivity index (χ1n) is 5.69. The maximum Gasteiger partial charge on any atom is 0.283 e. The van der Waals surface area contributed by atoms with E-state index in [1.54, 1.807) is 6.07 Å². The van der Waals surface area contributed by atoms with Crippen LogP contribution in [0.4, 0.5) is 20.2 Å². The highest BCUT2D eigenvalue weighted by Gasteiger charge is 2.13. The Labute approximate surface area is 132 Å². The number of nitro benzene ring substituents is 1. The molecule has 0 amide bonds. The number of nitrogens with one attached hydrogen (secondary N) is 1. The van der Waals surface area contributed by atoms with Crippen molar-refractivity contribution in [2.24, 2.45) is 0 Å². The largest absolute Gasteiger partial charge is 0.377 e. The molecule has 0 aliphatic carbocycles. The van der Waals surface area contributed by atoms with Crippen LogP contribution in [-0.2, 0) is 6.54 Å². The first kappa shape index (κ1) is 15.7. The van der Waals surface area contributed by atoms with Crippen LogP contribution in [0, 0.1) is 21.7 Å². The molecule has 0 aliphatic rings. The monoisotopic (exact) mass is 376 g/mol. The highest BCUT2D eigenvalue weighted by molar-refractivity contribution is 9.10. The summed E-state index contributed by atoms with van der Waals surface area (Å²) in [4.78, 5) is 10.3. The normalized spacial score (nSPS) is 10.5. The van der Waals surface area contributed by atoms with Crippen molar-refractivity contribution in [3.05, 3.63) is 67.1 Å².